The molecule has 1 amide bonds. The minimum absolute atomic E-state index is 0.298. The van der Waals surface area contributed by atoms with Gasteiger partial charge in [0.05, 0.1) is 12.8 Å². The topological polar surface area (TPSA) is 46.6 Å². The monoisotopic (exact) mass is 345 g/mol. The Labute approximate surface area is 147 Å². The molecule has 0 spiro atoms. The van der Waals surface area contributed by atoms with Gasteiger partial charge in [0.2, 0.25) is 0 Å². The lowest BCUT2D eigenvalue weighted by molar-refractivity contribution is -0.141. The number of amides is 1. The van der Waals surface area contributed by atoms with Gasteiger partial charge in [-0.15, -0.1) is 0 Å². The molecule has 4 nitrogen and oxygen atoms in total. The number of nitrogens with zero attached hydrogens (tertiary/aromatic N) is 1. The van der Waals surface area contributed by atoms with Crippen LogP contribution < -0.4 is 4.90 Å². The molecule has 0 aromatic heterocycles. The number of carbonyl (C=O) groups excluding carboxylic acids is 2. The van der Waals surface area contributed by atoms with Crippen LogP contribution in [-0.2, 0) is 9.53 Å². The van der Waals surface area contributed by atoms with Crippen LogP contribution in [0.1, 0.15) is 28.4 Å². The zero-order valence-electron chi connectivity index (χ0n) is 14.2. The largest absolute Gasteiger partial charge is 0.467 e. The Bertz CT molecular complexity index is 753. The maximum Gasteiger partial charge on any atom is 0.328 e. The van der Waals surface area contributed by atoms with Crippen LogP contribution >= 0.6 is 11.6 Å². The summed E-state index contributed by atoms with van der Waals surface area (Å²) in [5, 5.41) is 0.466. The third-order valence-electron chi connectivity index (χ3n) is 3.90. The maximum absolute atomic E-state index is 13.1. The summed E-state index contributed by atoms with van der Waals surface area (Å²) in [6.07, 6.45) is 0. The van der Waals surface area contributed by atoms with Gasteiger partial charge in [-0.05, 0) is 50.1 Å². The van der Waals surface area contributed by atoms with Crippen molar-refractivity contribution in [3.05, 3.63) is 64.2 Å². The van der Waals surface area contributed by atoms with Crippen molar-refractivity contribution in [2.75, 3.05) is 12.0 Å². The number of anilines is 1. The molecule has 2 aromatic rings. The van der Waals surface area contributed by atoms with Gasteiger partial charge < -0.3 is 4.74 Å². The minimum atomic E-state index is -0.763. The summed E-state index contributed by atoms with van der Waals surface area (Å²) in [6, 6.07) is 11.6. The smallest absolute Gasteiger partial charge is 0.328 e. The molecule has 0 saturated carbocycles. The van der Waals surface area contributed by atoms with Crippen molar-refractivity contribution in [1.82, 2.24) is 0 Å². The quantitative estimate of drug-likeness (QED) is 0.781. The molecule has 24 heavy (non-hydrogen) atoms. The zero-order chi connectivity index (χ0) is 17.9. The summed E-state index contributed by atoms with van der Waals surface area (Å²) in [7, 11) is 1.31. The van der Waals surface area contributed by atoms with Gasteiger partial charge in [0.25, 0.3) is 5.91 Å². The van der Waals surface area contributed by atoms with Gasteiger partial charge in [0.1, 0.15) is 6.04 Å². The van der Waals surface area contributed by atoms with Gasteiger partial charge in [-0.2, -0.15) is 0 Å². The Morgan fingerprint density at radius 3 is 2.21 bits per heavy atom. The molecule has 2 aromatic carbocycles. The SMILES string of the molecule is COC(=O)[C@@H](C)N(C(=O)c1cccc(Cl)c1)c1c(C)cccc1C. The first-order valence-corrected chi connectivity index (χ1v) is 7.97. The summed E-state index contributed by atoms with van der Waals surface area (Å²) in [5.41, 5.74) is 2.93. The van der Waals surface area contributed by atoms with Gasteiger partial charge in [0, 0.05) is 10.6 Å². The molecule has 0 aliphatic carbocycles. The van der Waals surface area contributed by atoms with Gasteiger partial charge in [-0.3, -0.25) is 9.69 Å². The van der Waals surface area contributed by atoms with E-state index < -0.39 is 12.0 Å². The first kappa shape index (κ1) is 18.0. The third-order valence-corrected chi connectivity index (χ3v) is 4.14. The number of ether oxygens (including phenoxy) is 1. The summed E-state index contributed by atoms with van der Waals surface area (Å²) < 4.78 is 4.85. The van der Waals surface area contributed by atoms with Crippen LogP contribution in [0.3, 0.4) is 0 Å². The molecule has 0 aliphatic heterocycles. The van der Waals surface area contributed by atoms with Gasteiger partial charge >= 0.3 is 5.97 Å². The van der Waals surface area contributed by atoms with Crippen LogP contribution in [0.4, 0.5) is 5.69 Å². The molecule has 2 rings (SSSR count). The van der Waals surface area contributed by atoms with E-state index in [0.717, 1.165) is 11.1 Å². The summed E-state index contributed by atoms with van der Waals surface area (Å²) in [6.45, 7) is 5.47. The van der Waals surface area contributed by atoms with Crippen LogP contribution in [0.5, 0.6) is 0 Å². The third kappa shape index (κ3) is 3.60. The predicted molar refractivity (Wildman–Crippen MR) is 95.7 cm³/mol. The van der Waals surface area contributed by atoms with Crippen molar-refractivity contribution in [3.8, 4) is 0 Å². The predicted octanol–water partition coefficient (Wildman–Crippen LogP) is 4.17. The first-order chi connectivity index (χ1) is 11.4. The van der Waals surface area contributed by atoms with Crippen molar-refractivity contribution in [1.29, 1.82) is 0 Å². The lowest BCUT2D eigenvalue weighted by atomic mass is 10.0. The average Bonchev–Trinajstić information content (AvgIpc) is 2.56. The highest BCUT2D eigenvalue weighted by molar-refractivity contribution is 6.31. The minimum Gasteiger partial charge on any atom is -0.467 e. The van der Waals surface area contributed by atoms with Gasteiger partial charge in [-0.1, -0.05) is 35.9 Å². The van der Waals surface area contributed by atoms with E-state index in [1.807, 2.05) is 32.0 Å². The van der Waals surface area contributed by atoms with Crippen LogP contribution in [0.2, 0.25) is 5.02 Å². The lowest BCUT2D eigenvalue weighted by Crippen LogP contribution is -2.44. The van der Waals surface area contributed by atoms with E-state index in [1.54, 1.807) is 31.2 Å². The highest BCUT2D eigenvalue weighted by Gasteiger charge is 2.31. The molecular formula is C19H20ClNO3. The first-order valence-electron chi connectivity index (χ1n) is 7.60. The molecule has 0 unspecified atom stereocenters. The molecule has 0 fully saturated rings. The zero-order valence-corrected chi connectivity index (χ0v) is 14.9. The van der Waals surface area contributed by atoms with E-state index in [9.17, 15) is 9.59 Å². The highest BCUT2D eigenvalue weighted by Crippen LogP contribution is 2.29. The molecular weight excluding hydrogens is 326 g/mol. The number of para-hydroxylation sites is 1. The summed E-state index contributed by atoms with van der Waals surface area (Å²) >= 11 is 6.01. The Morgan fingerprint density at radius 1 is 1.08 bits per heavy atom. The maximum atomic E-state index is 13.1. The van der Waals surface area contributed by atoms with E-state index in [1.165, 1.54) is 12.0 Å². The molecule has 126 valence electrons. The van der Waals surface area contributed by atoms with Crippen molar-refractivity contribution in [2.45, 2.75) is 26.8 Å². The number of rotatable bonds is 4. The van der Waals surface area contributed by atoms with Crippen LogP contribution in [-0.4, -0.2) is 25.0 Å². The van der Waals surface area contributed by atoms with E-state index in [0.29, 0.717) is 16.3 Å². The van der Waals surface area contributed by atoms with E-state index in [4.69, 9.17) is 16.3 Å². The molecule has 0 aliphatic rings. The average molecular weight is 346 g/mol. The van der Waals surface area contributed by atoms with E-state index >= 15 is 0 Å². The van der Waals surface area contributed by atoms with Crippen molar-refractivity contribution in [2.24, 2.45) is 0 Å². The molecule has 0 heterocycles. The van der Waals surface area contributed by atoms with Crippen LogP contribution in [0, 0.1) is 13.8 Å². The van der Waals surface area contributed by atoms with Gasteiger partial charge in [0.15, 0.2) is 0 Å². The van der Waals surface area contributed by atoms with Crippen LogP contribution in [0.15, 0.2) is 42.5 Å². The number of hydrogen-bond acceptors (Lipinski definition) is 3. The second-order valence-corrected chi connectivity index (χ2v) is 6.06. The number of methoxy groups -OCH3 is 1. The Balaban J connectivity index is 2.59. The fourth-order valence-corrected chi connectivity index (χ4v) is 2.88. The molecule has 1 atom stereocenters. The summed E-state index contributed by atoms with van der Waals surface area (Å²) in [4.78, 5) is 26.7. The normalized spacial score (nSPS) is 11.7. The van der Waals surface area contributed by atoms with Crippen molar-refractivity contribution >= 4 is 29.2 Å². The standard InChI is InChI=1S/C19H20ClNO3/c1-12-7-5-8-13(2)17(12)21(14(3)19(23)24-4)18(22)15-9-6-10-16(20)11-15/h5-11,14H,1-4H3/t14-/m1/s1. The number of aryl methyl sites for hydroxylation is 2. The molecule has 0 radical (unpaired) electrons. The summed E-state index contributed by atoms with van der Waals surface area (Å²) in [5.74, 6) is -0.777. The number of carbonyl (C=O) groups is 2. The Hall–Kier alpha value is -2.33. The molecule has 5 heteroatoms. The second-order valence-electron chi connectivity index (χ2n) is 5.63. The second kappa shape index (κ2) is 7.49. The Kier molecular flexibility index (Phi) is 5.62. The van der Waals surface area contributed by atoms with E-state index in [2.05, 4.69) is 0 Å². The number of hydrogen-bond donors (Lipinski definition) is 0. The van der Waals surface area contributed by atoms with E-state index in [-0.39, 0.29) is 5.91 Å². The van der Waals surface area contributed by atoms with Crippen LogP contribution in [0.25, 0.3) is 0 Å². The molecule has 0 bridgehead atoms. The number of halogens is 1. The molecule has 0 N–H and O–H groups in total. The molecule has 0 saturated heterocycles. The van der Waals surface area contributed by atoms with Crippen molar-refractivity contribution in [3.63, 3.8) is 0 Å². The number of benzene rings is 2. The van der Waals surface area contributed by atoms with Crippen molar-refractivity contribution < 1.29 is 14.3 Å². The lowest BCUT2D eigenvalue weighted by Gasteiger charge is -2.30. The number of esters is 1. The Morgan fingerprint density at radius 2 is 1.67 bits per heavy atom. The fourth-order valence-electron chi connectivity index (χ4n) is 2.69. The van der Waals surface area contributed by atoms with Gasteiger partial charge in [-0.25, -0.2) is 4.79 Å². The fraction of sp³-hybridized carbons (Fsp3) is 0.263. The highest BCUT2D eigenvalue weighted by atomic mass is 35.5.